The Balaban J connectivity index is 1.97. The fourth-order valence-electron chi connectivity index (χ4n) is 2.69. The lowest BCUT2D eigenvalue weighted by Gasteiger charge is -2.22. The highest BCUT2D eigenvalue weighted by molar-refractivity contribution is 5.89. The Labute approximate surface area is 142 Å². The first kappa shape index (κ1) is 17.9. The van der Waals surface area contributed by atoms with E-state index in [1.165, 1.54) is 0 Å². The second-order valence-corrected chi connectivity index (χ2v) is 5.80. The van der Waals surface area contributed by atoms with Crippen molar-refractivity contribution in [1.29, 1.82) is 0 Å². The number of anilines is 1. The van der Waals surface area contributed by atoms with Gasteiger partial charge in [0, 0.05) is 25.3 Å². The van der Waals surface area contributed by atoms with Crippen molar-refractivity contribution in [2.45, 2.75) is 25.3 Å². The van der Waals surface area contributed by atoms with Gasteiger partial charge < -0.3 is 25.0 Å². The Kier molecular flexibility index (Phi) is 6.28. The fourth-order valence-corrected chi connectivity index (χ4v) is 2.69. The van der Waals surface area contributed by atoms with Gasteiger partial charge in [0.2, 0.25) is 11.8 Å². The molecule has 0 radical (unpaired) electrons. The first-order valence-electron chi connectivity index (χ1n) is 8.05. The Morgan fingerprint density at radius 1 is 1.29 bits per heavy atom. The van der Waals surface area contributed by atoms with Crippen LogP contribution in [0.3, 0.4) is 0 Å². The third kappa shape index (κ3) is 4.53. The molecule has 1 saturated heterocycles. The Morgan fingerprint density at radius 3 is 2.75 bits per heavy atom. The van der Waals surface area contributed by atoms with Crippen LogP contribution in [-0.4, -0.2) is 52.2 Å². The van der Waals surface area contributed by atoms with E-state index in [0.29, 0.717) is 24.5 Å². The zero-order valence-corrected chi connectivity index (χ0v) is 14.4. The SMILES string of the molecule is COc1ccc(N(C)CC(=O)N[C@@H]2CCCCNC2=O)cc1OC. The van der Waals surface area contributed by atoms with Gasteiger partial charge in [-0.25, -0.2) is 0 Å². The van der Waals surface area contributed by atoms with Gasteiger partial charge in [-0.1, -0.05) is 0 Å². The molecule has 132 valence electrons. The fraction of sp³-hybridized carbons (Fsp3) is 0.529. The average molecular weight is 335 g/mol. The number of nitrogens with one attached hydrogen (secondary N) is 2. The number of likely N-dealkylation sites (N-methyl/N-ethyl adjacent to an activating group) is 1. The lowest BCUT2D eigenvalue weighted by atomic mass is 10.1. The van der Waals surface area contributed by atoms with Crippen LogP contribution < -0.4 is 25.0 Å². The molecule has 2 N–H and O–H groups in total. The predicted molar refractivity (Wildman–Crippen MR) is 91.6 cm³/mol. The van der Waals surface area contributed by atoms with Crippen LogP contribution in [0.5, 0.6) is 11.5 Å². The molecule has 0 spiro atoms. The van der Waals surface area contributed by atoms with Crippen molar-refractivity contribution >= 4 is 17.5 Å². The zero-order valence-electron chi connectivity index (χ0n) is 14.4. The van der Waals surface area contributed by atoms with Gasteiger partial charge in [0.05, 0.1) is 20.8 Å². The molecular formula is C17H25N3O4. The minimum Gasteiger partial charge on any atom is -0.493 e. The molecule has 1 aromatic rings. The summed E-state index contributed by atoms with van der Waals surface area (Å²) in [6.07, 6.45) is 2.55. The van der Waals surface area contributed by atoms with E-state index in [-0.39, 0.29) is 18.4 Å². The number of hydrogen-bond acceptors (Lipinski definition) is 5. The molecule has 1 aromatic carbocycles. The third-order valence-electron chi connectivity index (χ3n) is 4.06. The number of hydrogen-bond donors (Lipinski definition) is 2. The van der Waals surface area contributed by atoms with Gasteiger partial charge >= 0.3 is 0 Å². The number of amides is 2. The van der Waals surface area contributed by atoms with Crippen molar-refractivity contribution < 1.29 is 19.1 Å². The summed E-state index contributed by atoms with van der Waals surface area (Å²) in [6, 6.07) is 5.01. The summed E-state index contributed by atoms with van der Waals surface area (Å²) in [5, 5.41) is 5.63. The van der Waals surface area contributed by atoms with Crippen molar-refractivity contribution in [3.63, 3.8) is 0 Å². The second kappa shape index (κ2) is 8.42. The lowest BCUT2D eigenvalue weighted by molar-refractivity contribution is -0.128. The van der Waals surface area contributed by atoms with Crippen molar-refractivity contribution in [3.8, 4) is 11.5 Å². The maximum absolute atomic E-state index is 12.2. The van der Waals surface area contributed by atoms with Crippen LogP contribution >= 0.6 is 0 Å². The number of ether oxygens (including phenoxy) is 2. The molecule has 0 aliphatic carbocycles. The zero-order chi connectivity index (χ0) is 17.5. The first-order valence-corrected chi connectivity index (χ1v) is 8.05. The van der Waals surface area contributed by atoms with E-state index >= 15 is 0 Å². The Bertz CT molecular complexity index is 591. The maximum atomic E-state index is 12.2. The number of nitrogens with zero attached hydrogens (tertiary/aromatic N) is 1. The summed E-state index contributed by atoms with van der Waals surface area (Å²) in [7, 11) is 4.96. The van der Waals surface area contributed by atoms with E-state index in [1.807, 2.05) is 19.2 Å². The average Bonchev–Trinajstić information content (AvgIpc) is 2.78. The van der Waals surface area contributed by atoms with E-state index in [0.717, 1.165) is 18.5 Å². The maximum Gasteiger partial charge on any atom is 0.242 e. The van der Waals surface area contributed by atoms with Crippen molar-refractivity contribution in [3.05, 3.63) is 18.2 Å². The van der Waals surface area contributed by atoms with E-state index < -0.39 is 6.04 Å². The quantitative estimate of drug-likeness (QED) is 0.808. The summed E-state index contributed by atoms with van der Waals surface area (Å²) in [6.45, 7) is 0.829. The summed E-state index contributed by atoms with van der Waals surface area (Å²) in [5.74, 6) is 0.948. The second-order valence-electron chi connectivity index (χ2n) is 5.80. The monoisotopic (exact) mass is 335 g/mol. The van der Waals surface area contributed by atoms with E-state index in [9.17, 15) is 9.59 Å². The van der Waals surface area contributed by atoms with Gasteiger partial charge in [0.1, 0.15) is 6.04 Å². The molecule has 1 aliphatic rings. The normalized spacial score (nSPS) is 17.5. The molecule has 24 heavy (non-hydrogen) atoms. The van der Waals surface area contributed by atoms with Crippen LogP contribution in [0.25, 0.3) is 0 Å². The standard InChI is InChI=1S/C17H25N3O4/c1-20(12-7-8-14(23-2)15(10-12)24-3)11-16(21)19-13-6-4-5-9-18-17(13)22/h7-8,10,13H,4-6,9,11H2,1-3H3,(H,18,22)(H,19,21)/t13-/m1/s1. The van der Waals surface area contributed by atoms with E-state index in [4.69, 9.17) is 9.47 Å². The predicted octanol–water partition coefficient (Wildman–Crippen LogP) is 0.925. The highest BCUT2D eigenvalue weighted by atomic mass is 16.5. The van der Waals surface area contributed by atoms with Crippen LogP contribution in [0.4, 0.5) is 5.69 Å². The highest BCUT2D eigenvalue weighted by Gasteiger charge is 2.22. The van der Waals surface area contributed by atoms with Crippen molar-refractivity contribution in [2.75, 3.05) is 39.3 Å². The summed E-state index contributed by atoms with van der Waals surface area (Å²) in [5.41, 5.74) is 0.827. The van der Waals surface area contributed by atoms with Gasteiger partial charge in [-0.15, -0.1) is 0 Å². The molecule has 1 atom stereocenters. The molecular weight excluding hydrogens is 310 g/mol. The summed E-state index contributed by atoms with van der Waals surface area (Å²) >= 11 is 0. The molecule has 0 aromatic heterocycles. The Hall–Kier alpha value is -2.44. The number of carbonyl (C=O) groups excluding carboxylic acids is 2. The van der Waals surface area contributed by atoms with Crippen molar-refractivity contribution in [1.82, 2.24) is 10.6 Å². The molecule has 1 heterocycles. The van der Waals surface area contributed by atoms with Crippen LogP contribution in [0.2, 0.25) is 0 Å². The molecule has 0 unspecified atom stereocenters. The molecule has 2 amide bonds. The third-order valence-corrected chi connectivity index (χ3v) is 4.06. The van der Waals surface area contributed by atoms with Gasteiger partial charge in [-0.2, -0.15) is 0 Å². The van der Waals surface area contributed by atoms with Gasteiger partial charge in [0.15, 0.2) is 11.5 Å². The molecule has 7 nitrogen and oxygen atoms in total. The van der Waals surface area contributed by atoms with Gasteiger partial charge in [-0.05, 0) is 31.4 Å². The number of carbonyl (C=O) groups is 2. The minimum atomic E-state index is -0.446. The molecule has 0 bridgehead atoms. The first-order chi connectivity index (χ1) is 11.5. The van der Waals surface area contributed by atoms with Crippen LogP contribution in [-0.2, 0) is 9.59 Å². The van der Waals surface area contributed by atoms with Crippen LogP contribution in [0.15, 0.2) is 18.2 Å². The van der Waals surface area contributed by atoms with E-state index in [1.54, 1.807) is 25.2 Å². The minimum absolute atomic E-state index is 0.102. The Morgan fingerprint density at radius 2 is 2.04 bits per heavy atom. The smallest absolute Gasteiger partial charge is 0.242 e. The largest absolute Gasteiger partial charge is 0.493 e. The highest BCUT2D eigenvalue weighted by Crippen LogP contribution is 2.30. The number of methoxy groups -OCH3 is 2. The van der Waals surface area contributed by atoms with Crippen molar-refractivity contribution in [2.24, 2.45) is 0 Å². The molecule has 1 fully saturated rings. The van der Waals surface area contributed by atoms with Gasteiger partial charge in [-0.3, -0.25) is 9.59 Å². The van der Waals surface area contributed by atoms with Crippen LogP contribution in [0.1, 0.15) is 19.3 Å². The number of rotatable bonds is 6. The van der Waals surface area contributed by atoms with E-state index in [2.05, 4.69) is 10.6 Å². The summed E-state index contributed by atoms with van der Waals surface area (Å²) < 4.78 is 10.5. The number of benzene rings is 1. The summed E-state index contributed by atoms with van der Waals surface area (Å²) in [4.78, 5) is 25.9. The van der Waals surface area contributed by atoms with Crippen LogP contribution in [0, 0.1) is 0 Å². The van der Waals surface area contributed by atoms with Gasteiger partial charge in [0.25, 0.3) is 0 Å². The molecule has 7 heteroatoms. The molecule has 1 aliphatic heterocycles. The lowest BCUT2D eigenvalue weighted by Crippen LogP contribution is -2.48. The molecule has 0 saturated carbocycles. The molecule has 2 rings (SSSR count). The topological polar surface area (TPSA) is 79.9 Å².